The number of Topliss-reactive ketones (excluding diaryl/α,β-unsaturated/α-hetero) is 1. The number of hydrogen-bond acceptors (Lipinski definition) is 7. The maximum atomic E-state index is 12.4. The number of ketones is 1. The summed E-state index contributed by atoms with van der Waals surface area (Å²) in [5.41, 5.74) is 0.125. The zero-order valence-corrected chi connectivity index (χ0v) is 13.2. The number of anilines is 1. The average molecular weight is 358 g/mol. The van der Waals surface area contributed by atoms with Gasteiger partial charge in [0.15, 0.2) is 11.5 Å². The highest BCUT2D eigenvalue weighted by Gasteiger charge is 2.13. The average Bonchev–Trinajstić information content (AvgIpc) is 2.97. The van der Waals surface area contributed by atoms with E-state index in [9.17, 15) is 21.9 Å². The first-order valence-electron chi connectivity index (χ1n) is 6.29. The summed E-state index contributed by atoms with van der Waals surface area (Å²) in [6, 6.07) is 4.52. The van der Waals surface area contributed by atoms with Gasteiger partial charge < -0.3 is 9.50 Å². The number of pyridine rings is 1. The second-order valence-corrected chi connectivity index (χ2v) is 6.23. The van der Waals surface area contributed by atoms with Gasteiger partial charge in [0.25, 0.3) is 0 Å². The molecule has 1 amide bonds. The smallest absolute Gasteiger partial charge is 0.357 e. The largest absolute Gasteiger partial charge is 0.488 e. The molecule has 0 aliphatic rings. The van der Waals surface area contributed by atoms with Crippen molar-refractivity contribution >= 4 is 39.2 Å². The van der Waals surface area contributed by atoms with Gasteiger partial charge in [0.2, 0.25) is 5.91 Å². The van der Waals surface area contributed by atoms with Crippen LogP contribution in [0.1, 0.15) is 22.5 Å². The van der Waals surface area contributed by atoms with Crippen molar-refractivity contribution in [2.24, 2.45) is 0 Å². The third kappa shape index (κ3) is 5.75. The van der Waals surface area contributed by atoms with Crippen LogP contribution in [0.3, 0.4) is 0 Å². The SMILES string of the molecule is O=C(CCC(=O)c1cccs1)Nc1cncc(OS(=O)(=O)F)c1. The molecule has 0 atom stereocenters. The molecule has 2 heterocycles. The summed E-state index contributed by atoms with van der Waals surface area (Å²) in [5.74, 6) is -0.981. The molecule has 0 saturated carbocycles. The van der Waals surface area contributed by atoms with E-state index in [0.717, 1.165) is 12.3 Å². The lowest BCUT2D eigenvalue weighted by Crippen LogP contribution is -2.13. The monoisotopic (exact) mass is 358 g/mol. The molecule has 0 aliphatic heterocycles. The molecule has 0 spiro atoms. The third-order valence-corrected chi connectivity index (χ3v) is 3.87. The van der Waals surface area contributed by atoms with Crippen LogP contribution in [-0.2, 0) is 15.3 Å². The van der Waals surface area contributed by atoms with Crippen LogP contribution in [0.25, 0.3) is 0 Å². The quantitative estimate of drug-likeness (QED) is 0.602. The third-order valence-electron chi connectivity index (χ3n) is 2.57. The van der Waals surface area contributed by atoms with E-state index in [1.165, 1.54) is 17.5 Å². The van der Waals surface area contributed by atoms with Gasteiger partial charge in [0.05, 0.1) is 23.0 Å². The number of nitrogens with zero attached hydrogens (tertiary/aromatic N) is 1. The molecule has 7 nitrogen and oxygen atoms in total. The van der Waals surface area contributed by atoms with Crippen LogP contribution in [0.4, 0.5) is 9.57 Å². The van der Waals surface area contributed by atoms with Gasteiger partial charge in [0.1, 0.15) is 0 Å². The molecule has 0 aliphatic carbocycles. The van der Waals surface area contributed by atoms with Crippen LogP contribution in [0, 0.1) is 0 Å². The number of rotatable bonds is 7. The lowest BCUT2D eigenvalue weighted by atomic mass is 10.2. The number of carbonyl (C=O) groups excluding carboxylic acids is 2. The fourth-order valence-corrected chi connectivity index (χ4v) is 2.67. The predicted molar refractivity (Wildman–Crippen MR) is 81.4 cm³/mol. The number of aromatic nitrogens is 1. The number of thiophene rings is 1. The zero-order chi connectivity index (χ0) is 16.9. The Kier molecular flexibility index (Phi) is 5.40. The summed E-state index contributed by atoms with van der Waals surface area (Å²) in [5, 5.41) is 4.19. The molecule has 0 unspecified atom stereocenters. The summed E-state index contributed by atoms with van der Waals surface area (Å²) >= 11 is 1.29. The van der Waals surface area contributed by atoms with Crippen molar-refractivity contribution in [2.45, 2.75) is 12.8 Å². The molecule has 2 aromatic rings. The Morgan fingerprint density at radius 3 is 2.74 bits per heavy atom. The zero-order valence-electron chi connectivity index (χ0n) is 11.6. The molecule has 10 heteroatoms. The maximum absolute atomic E-state index is 12.4. The topological polar surface area (TPSA) is 102 Å². The molecule has 0 saturated heterocycles. The molecule has 0 bridgehead atoms. The highest BCUT2D eigenvalue weighted by Crippen LogP contribution is 2.18. The van der Waals surface area contributed by atoms with E-state index in [0.29, 0.717) is 4.88 Å². The molecule has 1 N–H and O–H groups in total. The Hall–Kier alpha value is -2.33. The second kappa shape index (κ2) is 7.29. The van der Waals surface area contributed by atoms with Gasteiger partial charge in [-0.05, 0) is 11.4 Å². The van der Waals surface area contributed by atoms with E-state index >= 15 is 0 Å². The molecular weight excluding hydrogens is 347 g/mol. The van der Waals surface area contributed by atoms with Crippen molar-refractivity contribution in [1.82, 2.24) is 4.98 Å². The van der Waals surface area contributed by atoms with Crippen LogP contribution < -0.4 is 9.50 Å². The predicted octanol–water partition coefficient (Wildman–Crippen LogP) is 2.34. The Morgan fingerprint density at radius 2 is 2.09 bits per heavy atom. The number of halogens is 1. The van der Waals surface area contributed by atoms with Gasteiger partial charge in [-0.3, -0.25) is 14.6 Å². The highest BCUT2D eigenvalue weighted by molar-refractivity contribution is 7.81. The summed E-state index contributed by atoms with van der Waals surface area (Å²) < 4.78 is 37.2. The minimum absolute atomic E-state index is 0.0365. The van der Waals surface area contributed by atoms with Gasteiger partial charge >= 0.3 is 10.5 Å². The van der Waals surface area contributed by atoms with Crippen LogP contribution in [0.15, 0.2) is 36.0 Å². The van der Waals surface area contributed by atoms with Gasteiger partial charge in [-0.1, -0.05) is 9.95 Å². The van der Waals surface area contributed by atoms with E-state index in [1.807, 2.05) is 0 Å². The number of nitrogens with one attached hydrogen (secondary N) is 1. The number of hydrogen-bond donors (Lipinski definition) is 1. The minimum Gasteiger partial charge on any atom is -0.357 e. The molecule has 2 aromatic heterocycles. The van der Waals surface area contributed by atoms with E-state index < -0.39 is 16.4 Å². The van der Waals surface area contributed by atoms with Crippen molar-refractivity contribution in [1.29, 1.82) is 0 Å². The molecule has 2 rings (SSSR count). The fraction of sp³-hybridized carbons (Fsp3) is 0.154. The standard InChI is InChI=1S/C13H11FN2O5S2/c14-23(19,20)21-10-6-9(7-15-8-10)16-13(18)4-3-11(17)12-2-1-5-22-12/h1-2,5-8H,3-4H2,(H,16,18). The van der Waals surface area contributed by atoms with Crippen molar-refractivity contribution in [2.75, 3.05) is 5.32 Å². The summed E-state index contributed by atoms with van der Waals surface area (Å²) in [7, 11) is -5.17. The normalized spacial score (nSPS) is 11.0. The fourth-order valence-electron chi connectivity index (χ4n) is 1.66. The first-order chi connectivity index (χ1) is 10.8. The van der Waals surface area contributed by atoms with E-state index in [-0.39, 0.29) is 30.1 Å². The first kappa shape index (κ1) is 17.0. The molecule has 23 heavy (non-hydrogen) atoms. The van der Waals surface area contributed by atoms with Crippen molar-refractivity contribution in [3.63, 3.8) is 0 Å². The van der Waals surface area contributed by atoms with E-state index in [2.05, 4.69) is 14.5 Å². The molecule has 0 radical (unpaired) electrons. The van der Waals surface area contributed by atoms with Gasteiger partial charge in [-0.2, -0.15) is 8.42 Å². The molecule has 0 aromatic carbocycles. The summed E-state index contributed by atoms with van der Waals surface area (Å²) in [4.78, 5) is 27.7. The van der Waals surface area contributed by atoms with E-state index in [1.54, 1.807) is 17.5 Å². The summed E-state index contributed by atoms with van der Waals surface area (Å²) in [6.07, 6.45) is 2.20. The summed E-state index contributed by atoms with van der Waals surface area (Å²) in [6.45, 7) is 0. The molecular formula is C13H11FN2O5S2. The van der Waals surface area contributed by atoms with Crippen LogP contribution in [-0.4, -0.2) is 25.1 Å². The molecule has 0 fully saturated rings. The molecule has 122 valence electrons. The van der Waals surface area contributed by atoms with Crippen LogP contribution in [0.2, 0.25) is 0 Å². The van der Waals surface area contributed by atoms with Crippen LogP contribution >= 0.6 is 11.3 Å². The van der Waals surface area contributed by atoms with Crippen LogP contribution in [0.5, 0.6) is 5.75 Å². The lowest BCUT2D eigenvalue weighted by Gasteiger charge is -2.06. The number of amides is 1. The Bertz CT molecular complexity index is 806. The Labute approximate surface area is 135 Å². The lowest BCUT2D eigenvalue weighted by molar-refractivity contribution is -0.116. The maximum Gasteiger partial charge on any atom is 0.488 e. The Balaban J connectivity index is 1.90. The number of carbonyl (C=O) groups is 2. The minimum atomic E-state index is -5.17. The van der Waals surface area contributed by atoms with Gasteiger partial charge in [-0.25, -0.2) is 0 Å². The first-order valence-corrected chi connectivity index (χ1v) is 8.48. The van der Waals surface area contributed by atoms with Crippen molar-refractivity contribution in [3.05, 3.63) is 40.8 Å². The highest BCUT2D eigenvalue weighted by atomic mass is 32.3. The Morgan fingerprint density at radius 1 is 1.30 bits per heavy atom. The van der Waals surface area contributed by atoms with Crippen molar-refractivity contribution in [3.8, 4) is 5.75 Å². The van der Waals surface area contributed by atoms with E-state index in [4.69, 9.17) is 0 Å². The van der Waals surface area contributed by atoms with Gasteiger partial charge in [0, 0.05) is 18.9 Å². The van der Waals surface area contributed by atoms with Crippen molar-refractivity contribution < 1.29 is 26.1 Å². The second-order valence-electron chi connectivity index (χ2n) is 4.33. The van der Waals surface area contributed by atoms with Gasteiger partial charge in [-0.15, -0.1) is 11.3 Å².